The zero-order valence-corrected chi connectivity index (χ0v) is 18.1. The van der Waals surface area contributed by atoms with E-state index in [1.165, 1.54) is 0 Å². The minimum atomic E-state index is -0.877. The SMILES string of the molecule is CC(C)(O)CC(CCl)=NNC1=Nc2ccc(Br)cc2C(c2ccccc2)=NC1. The molecule has 28 heavy (non-hydrogen) atoms. The van der Waals surface area contributed by atoms with E-state index < -0.39 is 5.60 Å². The summed E-state index contributed by atoms with van der Waals surface area (Å²) in [5.41, 5.74) is 6.45. The molecule has 0 aromatic heterocycles. The van der Waals surface area contributed by atoms with Crippen molar-refractivity contribution in [3.05, 3.63) is 64.1 Å². The molecule has 2 aromatic carbocycles. The zero-order valence-electron chi connectivity index (χ0n) is 15.8. The summed E-state index contributed by atoms with van der Waals surface area (Å²) in [5.74, 6) is 0.847. The van der Waals surface area contributed by atoms with Crippen LogP contribution in [0.15, 0.2) is 68.1 Å². The molecule has 2 N–H and O–H groups in total. The Bertz CT molecular complexity index is 933. The van der Waals surface area contributed by atoms with Crippen LogP contribution >= 0.6 is 27.5 Å². The van der Waals surface area contributed by atoms with Crippen molar-refractivity contribution < 1.29 is 5.11 Å². The monoisotopic (exact) mass is 460 g/mol. The molecule has 146 valence electrons. The average molecular weight is 462 g/mol. The normalized spacial score (nSPS) is 14.7. The Balaban J connectivity index is 1.94. The van der Waals surface area contributed by atoms with Gasteiger partial charge in [-0.15, -0.1) is 11.6 Å². The first-order valence-electron chi connectivity index (χ1n) is 8.93. The van der Waals surface area contributed by atoms with Gasteiger partial charge in [-0.2, -0.15) is 5.10 Å². The van der Waals surface area contributed by atoms with Crippen LogP contribution in [0, 0.1) is 0 Å². The summed E-state index contributed by atoms with van der Waals surface area (Å²) in [7, 11) is 0. The summed E-state index contributed by atoms with van der Waals surface area (Å²) in [6.07, 6.45) is 0.374. The Hall–Kier alpha value is -2.02. The Kier molecular flexibility index (Phi) is 6.65. The van der Waals surface area contributed by atoms with Gasteiger partial charge in [-0.3, -0.25) is 10.4 Å². The Morgan fingerprint density at radius 1 is 1.25 bits per heavy atom. The molecule has 0 saturated carbocycles. The number of halogens is 2. The topological polar surface area (TPSA) is 69.3 Å². The van der Waals surface area contributed by atoms with Crippen LogP contribution in [0.5, 0.6) is 0 Å². The fourth-order valence-corrected chi connectivity index (χ4v) is 3.39. The molecule has 1 aliphatic rings. The van der Waals surface area contributed by atoms with Crippen molar-refractivity contribution in [2.75, 3.05) is 12.4 Å². The van der Waals surface area contributed by atoms with Crippen LogP contribution in [0.2, 0.25) is 0 Å². The number of hydrogen-bond donors (Lipinski definition) is 2. The standard InChI is InChI=1S/C21H22BrClN4O/c1-21(2,28)11-16(12-23)26-27-19-13-24-20(14-6-4-3-5-7-14)17-10-15(22)8-9-18(17)25-19/h3-10,28H,11-13H2,1-2H3,(H,25,27). The predicted octanol–water partition coefficient (Wildman–Crippen LogP) is 4.68. The van der Waals surface area contributed by atoms with E-state index in [9.17, 15) is 5.11 Å². The number of hydrogen-bond acceptors (Lipinski definition) is 5. The Labute approximate surface area is 178 Å². The van der Waals surface area contributed by atoms with Gasteiger partial charge in [-0.1, -0.05) is 46.3 Å². The minimum absolute atomic E-state index is 0.229. The highest BCUT2D eigenvalue weighted by molar-refractivity contribution is 9.10. The maximum absolute atomic E-state index is 9.99. The van der Waals surface area contributed by atoms with Crippen LogP contribution in [0.25, 0.3) is 0 Å². The number of fused-ring (bicyclic) bond motifs is 1. The van der Waals surface area contributed by atoms with Gasteiger partial charge in [0.05, 0.1) is 35.1 Å². The lowest BCUT2D eigenvalue weighted by atomic mass is 10.0. The van der Waals surface area contributed by atoms with Gasteiger partial charge in [0.25, 0.3) is 0 Å². The maximum atomic E-state index is 9.99. The van der Waals surface area contributed by atoms with Crippen LogP contribution in [0.1, 0.15) is 31.4 Å². The highest BCUT2D eigenvalue weighted by Crippen LogP contribution is 2.28. The van der Waals surface area contributed by atoms with Crippen LogP contribution in [-0.2, 0) is 0 Å². The first kappa shape index (κ1) is 20.7. The summed E-state index contributed by atoms with van der Waals surface area (Å²) in [5, 5.41) is 14.3. The average Bonchev–Trinajstić information content (AvgIpc) is 2.84. The smallest absolute Gasteiger partial charge is 0.144 e. The molecule has 7 heteroatoms. The Morgan fingerprint density at radius 2 is 2.00 bits per heavy atom. The molecule has 0 unspecified atom stereocenters. The number of amidine groups is 1. The van der Waals surface area contributed by atoms with Gasteiger partial charge in [0.2, 0.25) is 0 Å². The number of alkyl halides is 1. The first-order valence-corrected chi connectivity index (χ1v) is 10.3. The van der Waals surface area contributed by atoms with Crippen molar-refractivity contribution in [1.82, 2.24) is 5.43 Å². The lowest BCUT2D eigenvalue weighted by molar-refractivity contribution is 0.0884. The molecule has 5 nitrogen and oxygen atoms in total. The summed E-state index contributed by atoms with van der Waals surface area (Å²) in [6, 6.07) is 16.0. The fourth-order valence-electron chi connectivity index (χ4n) is 2.88. The number of hydrazone groups is 1. The van der Waals surface area contributed by atoms with Crippen molar-refractivity contribution in [3.8, 4) is 0 Å². The van der Waals surface area contributed by atoms with Crippen molar-refractivity contribution in [2.24, 2.45) is 15.1 Å². The molecule has 1 heterocycles. The third-order valence-electron chi connectivity index (χ3n) is 4.04. The minimum Gasteiger partial charge on any atom is -0.390 e. The molecular formula is C21H22BrClN4O. The molecular weight excluding hydrogens is 440 g/mol. The van der Waals surface area contributed by atoms with E-state index in [2.05, 4.69) is 26.5 Å². The number of aliphatic hydroxyl groups is 1. The number of aliphatic imine (C=N–C) groups is 2. The van der Waals surface area contributed by atoms with E-state index in [0.29, 0.717) is 24.5 Å². The molecule has 0 spiro atoms. The second kappa shape index (κ2) is 8.99. The highest BCUT2D eigenvalue weighted by atomic mass is 79.9. The van der Waals surface area contributed by atoms with Gasteiger partial charge in [0.15, 0.2) is 0 Å². The van der Waals surface area contributed by atoms with Gasteiger partial charge >= 0.3 is 0 Å². The third-order valence-corrected chi connectivity index (χ3v) is 4.84. The first-order chi connectivity index (χ1) is 13.4. The van der Waals surface area contributed by atoms with E-state index in [4.69, 9.17) is 21.6 Å². The van der Waals surface area contributed by atoms with Crippen LogP contribution < -0.4 is 5.43 Å². The van der Waals surface area contributed by atoms with E-state index in [0.717, 1.165) is 27.0 Å². The summed E-state index contributed by atoms with van der Waals surface area (Å²) in [6.45, 7) is 3.81. The quantitative estimate of drug-likeness (QED) is 0.386. The van der Waals surface area contributed by atoms with E-state index in [-0.39, 0.29) is 5.88 Å². The molecule has 0 aliphatic carbocycles. The molecule has 0 radical (unpaired) electrons. The summed E-state index contributed by atoms with van der Waals surface area (Å²) >= 11 is 9.51. The second-order valence-electron chi connectivity index (χ2n) is 7.16. The third kappa shape index (κ3) is 5.50. The van der Waals surface area contributed by atoms with Gasteiger partial charge in [0, 0.05) is 22.0 Å². The van der Waals surface area contributed by atoms with Crippen LogP contribution in [0.3, 0.4) is 0 Å². The van der Waals surface area contributed by atoms with E-state index >= 15 is 0 Å². The molecule has 0 atom stereocenters. The van der Waals surface area contributed by atoms with Crippen molar-refractivity contribution >= 4 is 50.5 Å². The maximum Gasteiger partial charge on any atom is 0.144 e. The number of nitrogens with zero attached hydrogens (tertiary/aromatic N) is 3. The molecule has 3 rings (SSSR count). The van der Waals surface area contributed by atoms with Crippen LogP contribution in [-0.4, -0.2) is 40.4 Å². The predicted molar refractivity (Wildman–Crippen MR) is 120 cm³/mol. The molecule has 2 aromatic rings. The molecule has 0 amide bonds. The highest BCUT2D eigenvalue weighted by Gasteiger charge is 2.18. The fraction of sp³-hybridized carbons (Fsp3) is 0.286. The molecule has 0 bridgehead atoms. The lowest BCUT2D eigenvalue weighted by Crippen LogP contribution is -2.28. The molecule has 0 saturated heterocycles. The molecule has 0 fully saturated rings. The number of rotatable bonds is 5. The van der Waals surface area contributed by atoms with E-state index in [1.807, 2.05) is 48.5 Å². The Morgan fingerprint density at radius 3 is 2.68 bits per heavy atom. The van der Waals surface area contributed by atoms with Gasteiger partial charge < -0.3 is 5.11 Å². The second-order valence-corrected chi connectivity index (χ2v) is 8.35. The van der Waals surface area contributed by atoms with Crippen molar-refractivity contribution in [1.29, 1.82) is 0 Å². The van der Waals surface area contributed by atoms with E-state index in [1.54, 1.807) is 13.8 Å². The van der Waals surface area contributed by atoms with Crippen molar-refractivity contribution in [3.63, 3.8) is 0 Å². The number of benzene rings is 2. The zero-order chi connectivity index (χ0) is 20.1. The number of nitrogens with one attached hydrogen (secondary N) is 1. The van der Waals surface area contributed by atoms with Crippen LogP contribution in [0.4, 0.5) is 5.69 Å². The molecule has 1 aliphatic heterocycles. The summed E-state index contributed by atoms with van der Waals surface area (Å²) < 4.78 is 0.967. The van der Waals surface area contributed by atoms with Gasteiger partial charge in [0.1, 0.15) is 5.84 Å². The largest absolute Gasteiger partial charge is 0.390 e. The van der Waals surface area contributed by atoms with Gasteiger partial charge in [-0.05, 0) is 32.0 Å². The van der Waals surface area contributed by atoms with Gasteiger partial charge in [-0.25, -0.2) is 4.99 Å². The lowest BCUT2D eigenvalue weighted by Gasteiger charge is -2.17. The summed E-state index contributed by atoms with van der Waals surface area (Å²) in [4.78, 5) is 9.50. The van der Waals surface area contributed by atoms with Crippen molar-refractivity contribution in [2.45, 2.75) is 25.9 Å².